The number of nitrogens with two attached hydrogens (primary N) is 1. The van der Waals surface area contributed by atoms with E-state index in [1.807, 2.05) is 6.07 Å². The molecule has 0 amide bonds. The van der Waals surface area contributed by atoms with Gasteiger partial charge in [-0.1, -0.05) is 0 Å². The zero-order valence-corrected chi connectivity index (χ0v) is 17.9. The van der Waals surface area contributed by atoms with E-state index in [0.717, 1.165) is 53.3 Å². The van der Waals surface area contributed by atoms with E-state index < -0.39 is 0 Å². The van der Waals surface area contributed by atoms with Crippen LogP contribution in [-0.4, -0.2) is 45.6 Å². The molecule has 3 aliphatic rings. The number of anilines is 2. The molecular weight excluding hydrogens is 423 g/mol. The Bertz CT molecular complexity index is 1300. The maximum Gasteiger partial charge on any atom is 0.324 e. The summed E-state index contributed by atoms with van der Waals surface area (Å²) < 4.78 is 20.4. The average Bonchev–Trinajstić information content (AvgIpc) is 3.50. The number of nitrogens with one attached hydrogen (secondary N) is 1. The van der Waals surface area contributed by atoms with Crippen LogP contribution in [0.3, 0.4) is 0 Å². The summed E-state index contributed by atoms with van der Waals surface area (Å²) in [5.41, 5.74) is 10.5. The predicted molar refractivity (Wildman–Crippen MR) is 118 cm³/mol. The third-order valence-corrected chi connectivity index (χ3v) is 6.85. The number of ether oxygens (including phenoxy) is 1. The van der Waals surface area contributed by atoms with E-state index >= 15 is 0 Å². The molecule has 9 nitrogen and oxygen atoms in total. The number of halogens is 1. The molecule has 10 heteroatoms. The average molecular weight is 444 g/mol. The molecule has 1 saturated heterocycles. The largest absolute Gasteiger partial charge is 0.421 e. The van der Waals surface area contributed by atoms with Crippen molar-refractivity contribution in [2.24, 2.45) is 11.7 Å². The van der Waals surface area contributed by atoms with Gasteiger partial charge in [-0.25, -0.2) is 14.4 Å². The Balaban J connectivity index is 1.46. The highest BCUT2D eigenvalue weighted by Gasteiger charge is 2.45. The predicted octanol–water partition coefficient (Wildman–Crippen LogP) is 2.61. The Morgan fingerprint density at radius 3 is 2.73 bits per heavy atom. The van der Waals surface area contributed by atoms with Crippen molar-refractivity contribution in [2.45, 2.75) is 31.3 Å². The van der Waals surface area contributed by atoms with Crippen LogP contribution in [0.5, 0.6) is 11.8 Å². The van der Waals surface area contributed by atoms with Crippen molar-refractivity contribution in [2.75, 3.05) is 23.8 Å². The Morgan fingerprint density at radius 1 is 1.24 bits per heavy atom. The molecule has 3 N–H and O–H groups in total. The topological polar surface area (TPSA) is 126 Å². The minimum Gasteiger partial charge on any atom is -0.421 e. The molecule has 1 saturated carbocycles. The van der Waals surface area contributed by atoms with Gasteiger partial charge in [-0.15, -0.1) is 0 Å². The SMILES string of the molecule is CNc1cc(F)cc2c1Cc1nc(Oc3cnc(C#N)nc3)nc(N3C[C@H]4C[C@@H]3C[C@H]4N)c1-2. The van der Waals surface area contributed by atoms with Crippen molar-refractivity contribution >= 4 is 11.5 Å². The summed E-state index contributed by atoms with van der Waals surface area (Å²) >= 11 is 0. The lowest BCUT2D eigenvalue weighted by molar-refractivity contribution is 0.432. The molecule has 33 heavy (non-hydrogen) atoms. The van der Waals surface area contributed by atoms with Crippen molar-refractivity contribution < 1.29 is 9.13 Å². The molecule has 2 aromatic heterocycles. The maximum absolute atomic E-state index is 14.5. The molecular formula is C23H21FN8O. The summed E-state index contributed by atoms with van der Waals surface area (Å²) in [6.07, 6.45) is 5.31. The highest BCUT2D eigenvalue weighted by atomic mass is 19.1. The number of fused-ring (bicyclic) bond motifs is 5. The van der Waals surface area contributed by atoms with E-state index in [-0.39, 0.29) is 29.7 Å². The molecule has 3 aromatic rings. The van der Waals surface area contributed by atoms with Crippen LogP contribution in [0.25, 0.3) is 11.1 Å². The van der Waals surface area contributed by atoms with Crippen LogP contribution >= 0.6 is 0 Å². The monoisotopic (exact) mass is 444 g/mol. The smallest absolute Gasteiger partial charge is 0.324 e. The molecule has 1 aromatic carbocycles. The van der Waals surface area contributed by atoms with Gasteiger partial charge in [0.15, 0.2) is 5.75 Å². The number of piperidine rings is 1. The number of hydrogen-bond donors (Lipinski definition) is 2. The molecule has 1 aliphatic heterocycles. The van der Waals surface area contributed by atoms with E-state index in [1.165, 1.54) is 18.5 Å². The second-order valence-electron chi connectivity index (χ2n) is 8.72. The highest BCUT2D eigenvalue weighted by Crippen LogP contribution is 2.48. The Kier molecular flexibility index (Phi) is 4.41. The summed E-state index contributed by atoms with van der Waals surface area (Å²) in [6, 6.07) is 5.60. The minimum atomic E-state index is -0.308. The Hall–Kier alpha value is -3.84. The van der Waals surface area contributed by atoms with E-state index in [0.29, 0.717) is 18.1 Å². The molecule has 3 heterocycles. The lowest BCUT2D eigenvalue weighted by atomic mass is 10.0. The Morgan fingerprint density at radius 2 is 2.06 bits per heavy atom. The summed E-state index contributed by atoms with van der Waals surface area (Å²) in [7, 11) is 1.78. The van der Waals surface area contributed by atoms with Gasteiger partial charge in [-0.05, 0) is 42.0 Å². The van der Waals surface area contributed by atoms with Crippen LogP contribution < -0.4 is 20.7 Å². The van der Waals surface area contributed by atoms with Crippen molar-refractivity contribution in [3.63, 3.8) is 0 Å². The first kappa shape index (κ1) is 19.8. The van der Waals surface area contributed by atoms with Gasteiger partial charge in [0.2, 0.25) is 5.82 Å². The van der Waals surface area contributed by atoms with E-state index in [4.69, 9.17) is 20.7 Å². The number of benzene rings is 1. The zero-order chi connectivity index (χ0) is 22.7. The first-order valence-corrected chi connectivity index (χ1v) is 10.9. The third kappa shape index (κ3) is 3.15. The van der Waals surface area contributed by atoms with Crippen molar-refractivity contribution in [1.29, 1.82) is 5.26 Å². The van der Waals surface area contributed by atoms with Gasteiger partial charge in [0.05, 0.1) is 18.1 Å². The van der Waals surface area contributed by atoms with E-state index in [1.54, 1.807) is 13.1 Å². The number of rotatable bonds is 4. The molecule has 0 radical (unpaired) electrons. The van der Waals surface area contributed by atoms with Crippen LogP contribution in [0, 0.1) is 23.1 Å². The molecule has 3 atom stereocenters. The van der Waals surface area contributed by atoms with Gasteiger partial charge in [0, 0.05) is 43.3 Å². The molecule has 2 bridgehead atoms. The number of aromatic nitrogens is 4. The molecule has 0 spiro atoms. The fourth-order valence-electron chi connectivity index (χ4n) is 5.35. The summed E-state index contributed by atoms with van der Waals surface area (Å²) in [5.74, 6) is 1.24. The van der Waals surface area contributed by atoms with Crippen LogP contribution in [0.4, 0.5) is 15.9 Å². The van der Waals surface area contributed by atoms with Crippen molar-refractivity contribution in [3.8, 4) is 29.0 Å². The van der Waals surface area contributed by atoms with Crippen molar-refractivity contribution in [3.05, 3.63) is 47.4 Å². The molecule has 0 unspecified atom stereocenters. The molecule has 6 rings (SSSR count). The second kappa shape index (κ2) is 7.35. The fraction of sp³-hybridized carbons (Fsp3) is 0.348. The van der Waals surface area contributed by atoms with Gasteiger partial charge in [0.25, 0.3) is 0 Å². The number of hydrogen-bond acceptors (Lipinski definition) is 9. The summed E-state index contributed by atoms with van der Waals surface area (Å²) in [4.78, 5) is 19.6. The lowest BCUT2D eigenvalue weighted by Crippen LogP contribution is -2.41. The van der Waals surface area contributed by atoms with Gasteiger partial charge >= 0.3 is 6.01 Å². The number of nitriles is 1. The minimum absolute atomic E-state index is 0.0550. The summed E-state index contributed by atoms with van der Waals surface area (Å²) in [5, 5.41) is 12.0. The normalized spacial score (nSPS) is 22.1. The molecule has 2 aliphatic carbocycles. The van der Waals surface area contributed by atoms with Gasteiger partial charge in [-0.2, -0.15) is 15.2 Å². The van der Waals surface area contributed by atoms with Crippen molar-refractivity contribution in [1.82, 2.24) is 19.9 Å². The zero-order valence-electron chi connectivity index (χ0n) is 17.9. The Labute approximate surface area is 189 Å². The first-order valence-electron chi connectivity index (χ1n) is 10.9. The quantitative estimate of drug-likeness (QED) is 0.488. The standard InChI is InChI=1S/C23H21FN8O/c1-27-18-4-12(24)3-16-15(18)6-19-21(16)22(32-10-11-2-13(32)5-17(11)26)31-23(30-19)33-14-8-28-20(7-25)29-9-14/h3-4,8-9,11,13,17,27H,2,5-6,10,26H2,1H3/t11-,13-,17-/m1/s1. The van der Waals surface area contributed by atoms with Crippen LogP contribution in [0.2, 0.25) is 0 Å². The van der Waals surface area contributed by atoms with Crippen LogP contribution in [-0.2, 0) is 6.42 Å². The van der Waals surface area contributed by atoms with Crippen LogP contribution in [0.15, 0.2) is 24.5 Å². The van der Waals surface area contributed by atoms with E-state index in [2.05, 4.69) is 25.2 Å². The third-order valence-electron chi connectivity index (χ3n) is 6.85. The fourth-order valence-corrected chi connectivity index (χ4v) is 5.35. The van der Waals surface area contributed by atoms with Gasteiger partial charge in [-0.3, -0.25) is 0 Å². The number of nitrogens with zero attached hydrogens (tertiary/aromatic N) is 6. The molecule has 166 valence electrons. The maximum atomic E-state index is 14.5. The second-order valence-corrected chi connectivity index (χ2v) is 8.72. The van der Waals surface area contributed by atoms with Crippen LogP contribution in [0.1, 0.15) is 29.9 Å². The van der Waals surface area contributed by atoms with E-state index in [9.17, 15) is 4.39 Å². The van der Waals surface area contributed by atoms with Gasteiger partial charge in [0.1, 0.15) is 17.7 Å². The first-order chi connectivity index (χ1) is 16.0. The van der Waals surface area contributed by atoms with Gasteiger partial charge < -0.3 is 20.7 Å². The lowest BCUT2D eigenvalue weighted by Gasteiger charge is -2.32. The molecule has 2 fully saturated rings. The summed E-state index contributed by atoms with van der Waals surface area (Å²) in [6.45, 7) is 0.804. The highest BCUT2D eigenvalue weighted by molar-refractivity contribution is 5.88.